The Hall–Kier alpha value is -2.80. The first-order chi connectivity index (χ1) is 13.4. The smallest absolute Gasteiger partial charge is 0.322 e. The van der Waals surface area contributed by atoms with Gasteiger partial charge in [-0.2, -0.15) is 0 Å². The van der Waals surface area contributed by atoms with Crippen LogP contribution in [0.4, 0.5) is 10.5 Å². The summed E-state index contributed by atoms with van der Waals surface area (Å²) in [7, 11) is 0. The number of benzene rings is 2. The third-order valence-corrected chi connectivity index (χ3v) is 6.51. The first-order valence-corrected chi connectivity index (χ1v) is 10.2. The largest absolute Gasteiger partial charge is 0.323 e. The summed E-state index contributed by atoms with van der Waals surface area (Å²) in [5.41, 5.74) is 3.00. The van der Waals surface area contributed by atoms with Crippen LogP contribution in [0.25, 0.3) is 0 Å². The lowest BCUT2D eigenvalue weighted by Gasteiger charge is -2.20. The second-order valence-electron chi connectivity index (χ2n) is 7.32. The van der Waals surface area contributed by atoms with Crippen LogP contribution in [0.2, 0.25) is 0 Å². The molecule has 1 fully saturated rings. The van der Waals surface area contributed by atoms with Crippen LogP contribution in [0.5, 0.6) is 0 Å². The molecule has 0 bridgehead atoms. The van der Waals surface area contributed by atoms with Crippen molar-refractivity contribution in [2.24, 2.45) is 0 Å². The SMILES string of the molecule is CC1(CSc2ccccc2C(=O)Nc2ccc3c(c2)CCC3)NC(=O)NC1=O. The molecule has 1 saturated heterocycles. The number of anilines is 1. The summed E-state index contributed by atoms with van der Waals surface area (Å²) in [5, 5.41) is 7.87. The van der Waals surface area contributed by atoms with Crippen molar-refractivity contribution in [3.8, 4) is 0 Å². The molecule has 0 aromatic heterocycles. The van der Waals surface area contributed by atoms with E-state index in [-0.39, 0.29) is 11.8 Å². The molecule has 4 amide bonds. The van der Waals surface area contributed by atoms with Crippen LogP contribution in [-0.2, 0) is 17.6 Å². The maximum Gasteiger partial charge on any atom is 0.322 e. The fourth-order valence-electron chi connectivity index (χ4n) is 3.53. The van der Waals surface area contributed by atoms with Gasteiger partial charge in [-0.25, -0.2) is 4.79 Å². The lowest BCUT2D eigenvalue weighted by molar-refractivity contribution is -0.122. The molecule has 1 aliphatic heterocycles. The van der Waals surface area contributed by atoms with Crippen LogP contribution in [0.3, 0.4) is 0 Å². The van der Waals surface area contributed by atoms with Crippen molar-refractivity contribution in [2.45, 2.75) is 36.6 Å². The van der Waals surface area contributed by atoms with E-state index in [0.29, 0.717) is 11.3 Å². The number of hydrogen-bond donors (Lipinski definition) is 3. The number of nitrogens with one attached hydrogen (secondary N) is 3. The van der Waals surface area contributed by atoms with Gasteiger partial charge < -0.3 is 10.6 Å². The summed E-state index contributed by atoms with van der Waals surface area (Å²) in [4.78, 5) is 37.0. The topological polar surface area (TPSA) is 87.3 Å². The molecule has 4 rings (SSSR count). The summed E-state index contributed by atoms with van der Waals surface area (Å²) in [6, 6.07) is 12.9. The van der Waals surface area contributed by atoms with Gasteiger partial charge in [0.05, 0.1) is 5.56 Å². The third-order valence-electron chi connectivity index (χ3n) is 5.12. The predicted octanol–water partition coefficient (Wildman–Crippen LogP) is 3.12. The second-order valence-corrected chi connectivity index (χ2v) is 8.33. The fraction of sp³-hybridized carbons (Fsp3) is 0.286. The maximum absolute atomic E-state index is 12.9. The minimum atomic E-state index is -0.995. The lowest BCUT2D eigenvalue weighted by Crippen LogP contribution is -2.46. The van der Waals surface area contributed by atoms with Crippen molar-refractivity contribution in [1.29, 1.82) is 0 Å². The van der Waals surface area contributed by atoms with E-state index >= 15 is 0 Å². The number of carbonyl (C=O) groups is 3. The summed E-state index contributed by atoms with van der Waals surface area (Å²) < 4.78 is 0. The fourth-order valence-corrected chi connectivity index (χ4v) is 4.67. The Morgan fingerprint density at radius 3 is 2.71 bits per heavy atom. The molecule has 1 unspecified atom stereocenters. The lowest BCUT2D eigenvalue weighted by atomic mass is 10.1. The number of amides is 4. The third kappa shape index (κ3) is 3.62. The second kappa shape index (κ2) is 7.31. The number of rotatable bonds is 5. The van der Waals surface area contributed by atoms with Crippen molar-refractivity contribution in [2.75, 3.05) is 11.1 Å². The summed E-state index contributed by atoms with van der Waals surface area (Å²) in [5.74, 6) is -0.218. The van der Waals surface area contributed by atoms with E-state index in [1.54, 1.807) is 13.0 Å². The molecular formula is C21H21N3O3S. The normalized spacial score (nSPS) is 20.5. The van der Waals surface area contributed by atoms with Gasteiger partial charge in [0.1, 0.15) is 5.54 Å². The first kappa shape index (κ1) is 18.6. The number of carbonyl (C=O) groups excluding carboxylic acids is 3. The standard InChI is InChI=1S/C21H21N3O3S/c1-21(19(26)23-20(27)24-21)12-28-17-8-3-2-7-16(17)18(25)22-15-10-9-13-5-4-6-14(13)11-15/h2-3,7-11H,4-6,12H2,1H3,(H,22,25)(H2,23,24,26,27). The highest BCUT2D eigenvalue weighted by molar-refractivity contribution is 7.99. The van der Waals surface area contributed by atoms with Crippen molar-refractivity contribution in [1.82, 2.24) is 10.6 Å². The van der Waals surface area contributed by atoms with Crippen molar-refractivity contribution in [3.63, 3.8) is 0 Å². The van der Waals surface area contributed by atoms with E-state index in [1.165, 1.54) is 22.9 Å². The van der Waals surface area contributed by atoms with Gasteiger partial charge in [0.15, 0.2) is 0 Å². The molecule has 0 radical (unpaired) electrons. The summed E-state index contributed by atoms with van der Waals surface area (Å²) in [6.45, 7) is 1.67. The highest BCUT2D eigenvalue weighted by Gasteiger charge is 2.41. The monoisotopic (exact) mass is 395 g/mol. The quantitative estimate of drug-likeness (QED) is 0.536. The van der Waals surface area contributed by atoms with E-state index in [0.717, 1.165) is 29.8 Å². The van der Waals surface area contributed by atoms with Crippen LogP contribution in [0.15, 0.2) is 47.4 Å². The molecule has 144 valence electrons. The van der Waals surface area contributed by atoms with Gasteiger partial charge in [-0.15, -0.1) is 11.8 Å². The molecular weight excluding hydrogens is 374 g/mol. The number of imide groups is 1. The highest BCUT2D eigenvalue weighted by Crippen LogP contribution is 2.29. The van der Waals surface area contributed by atoms with Crippen molar-refractivity contribution in [3.05, 3.63) is 59.2 Å². The first-order valence-electron chi connectivity index (χ1n) is 9.23. The molecule has 6 nitrogen and oxygen atoms in total. The Kier molecular flexibility index (Phi) is 4.85. The maximum atomic E-state index is 12.9. The number of hydrogen-bond acceptors (Lipinski definition) is 4. The van der Waals surface area contributed by atoms with E-state index < -0.39 is 11.6 Å². The zero-order chi connectivity index (χ0) is 19.7. The number of aryl methyl sites for hydroxylation is 2. The molecule has 0 spiro atoms. The van der Waals surface area contributed by atoms with Gasteiger partial charge in [0.25, 0.3) is 11.8 Å². The summed E-state index contributed by atoms with van der Waals surface area (Å²) >= 11 is 1.37. The molecule has 2 aliphatic rings. The van der Waals surface area contributed by atoms with Crippen LogP contribution >= 0.6 is 11.8 Å². The zero-order valence-corrected chi connectivity index (χ0v) is 16.3. The van der Waals surface area contributed by atoms with Crippen LogP contribution in [0, 0.1) is 0 Å². The molecule has 7 heteroatoms. The van der Waals surface area contributed by atoms with E-state index in [4.69, 9.17) is 0 Å². The van der Waals surface area contributed by atoms with E-state index in [9.17, 15) is 14.4 Å². The van der Waals surface area contributed by atoms with Gasteiger partial charge in [0.2, 0.25) is 0 Å². The highest BCUT2D eigenvalue weighted by atomic mass is 32.2. The van der Waals surface area contributed by atoms with Crippen LogP contribution < -0.4 is 16.0 Å². The Morgan fingerprint density at radius 2 is 1.93 bits per heavy atom. The molecule has 2 aromatic rings. The van der Waals surface area contributed by atoms with Gasteiger partial charge in [-0.1, -0.05) is 18.2 Å². The number of thioether (sulfide) groups is 1. The van der Waals surface area contributed by atoms with Crippen molar-refractivity contribution < 1.29 is 14.4 Å². The summed E-state index contributed by atoms with van der Waals surface area (Å²) in [6.07, 6.45) is 3.32. The van der Waals surface area contributed by atoms with Gasteiger partial charge in [-0.05, 0) is 61.6 Å². The molecule has 1 atom stereocenters. The van der Waals surface area contributed by atoms with E-state index in [1.807, 2.05) is 24.3 Å². The molecule has 2 aromatic carbocycles. The Balaban J connectivity index is 1.48. The molecule has 3 N–H and O–H groups in total. The molecule has 0 saturated carbocycles. The average Bonchev–Trinajstić information content (AvgIpc) is 3.23. The minimum Gasteiger partial charge on any atom is -0.323 e. The average molecular weight is 395 g/mol. The Morgan fingerprint density at radius 1 is 1.14 bits per heavy atom. The van der Waals surface area contributed by atoms with Gasteiger partial charge in [-0.3, -0.25) is 14.9 Å². The zero-order valence-electron chi connectivity index (χ0n) is 15.5. The van der Waals surface area contributed by atoms with Gasteiger partial charge >= 0.3 is 6.03 Å². The van der Waals surface area contributed by atoms with E-state index in [2.05, 4.69) is 28.1 Å². The number of urea groups is 1. The Bertz CT molecular complexity index is 975. The molecule has 1 heterocycles. The number of fused-ring (bicyclic) bond motifs is 1. The predicted molar refractivity (Wildman–Crippen MR) is 109 cm³/mol. The van der Waals surface area contributed by atoms with Crippen molar-refractivity contribution >= 4 is 35.3 Å². The minimum absolute atomic E-state index is 0.189. The molecule has 1 aliphatic carbocycles. The molecule has 28 heavy (non-hydrogen) atoms. The van der Waals surface area contributed by atoms with Crippen LogP contribution in [-0.4, -0.2) is 29.1 Å². The van der Waals surface area contributed by atoms with Crippen LogP contribution in [0.1, 0.15) is 34.8 Å². The van der Waals surface area contributed by atoms with Gasteiger partial charge in [0, 0.05) is 16.3 Å². The Labute approximate surface area is 167 Å².